The van der Waals surface area contributed by atoms with Gasteiger partial charge in [0, 0.05) is 10.7 Å². The van der Waals surface area contributed by atoms with Crippen molar-refractivity contribution < 1.29 is 14.7 Å². The van der Waals surface area contributed by atoms with Gasteiger partial charge in [-0.25, -0.2) is 5.43 Å². The summed E-state index contributed by atoms with van der Waals surface area (Å²) in [6.07, 6.45) is 1.31. The van der Waals surface area contributed by atoms with Crippen LogP contribution >= 0.6 is 11.6 Å². The van der Waals surface area contributed by atoms with Crippen molar-refractivity contribution >= 4 is 35.3 Å². The van der Waals surface area contributed by atoms with Crippen LogP contribution in [0.15, 0.2) is 53.6 Å². The highest BCUT2D eigenvalue weighted by molar-refractivity contribution is 6.39. The Balaban J connectivity index is 1.89. The smallest absolute Gasteiger partial charge is 0.329 e. The third-order valence-electron chi connectivity index (χ3n) is 2.56. The minimum absolute atomic E-state index is 0.0794. The molecule has 0 spiro atoms. The van der Waals surface area contributed by atoms with Crippen molar-refractivity contribution in [3.63, 3.8) is 0 Å². The lowest BCUT2D eigenvalue weighted by Gasteiger charge is -2.03. The number of rotatable bonds is 3. The summed E-state index contributed by atoms with van der Waals surface area (Å²) in [5.41, 5.74) is 3.12. The quantitative estimate of drug-likeness (QED) is 0.460. The lowest BCUT2D eigenvalue weighted by Crippen LogP contribution is -2.32. The third-order valence-corrected chi connectivity index (χ3v) is 2.81. The molecule has 3 N–H and O–H groups in total. The molecule has 0 fully saturated rings. The number of carbonyl (C=O) groups is 2. The van der Waals surface area contributed by atoms with E-state index in [0.717, 1.165) is 0 Å². The first-order valence-corrected chi connectivity index (χ1v) is 6.61. The van der Waals surface area contributed by atoms with E-state index >= 15 is 0 Å². The number of anilines is 1. The maximum Gasteiger partial charge on any atom is 0.329 e. The normalized spacial score (nSPS) is 10.4. The van der Waals surface area contributed by atoms with Crippen molar-refractivity contribution in [3.05, 3.63) is 59.1 Å². The van der Waals surface area contributed by atoms with Gasteiger partial charge >= 0.3 is 11.8 Å². The number of carbonyl (C=O) groups excluding carboxylic acids is 2. The molecule has 0 heterocycles. The highest BCUT2D eigenvalue weighted by Gasteiger charge is 2.12. The standard InChI is InChI=1S/C15H12ClN3O3/c16-11-4-6-12(7-5-11)18-14(21)15(22)19-17-9-10-2-1-3-13(20)8-10/h1-9,20H,(H,18,21)(H,19,22)/b17-9+. The molecule has 0 aliphatic heterocycles. The Morgan fingerprint density at radius 1 is 1.09 bits per heavy atom. The van der Waals surface area contributed by atoms with Crippen molar-refractivity contribution in [1.29, 1.82) is 0 Å². The zero-order valence-electron chi connectivity index (χ0n) is 11.3. The summed E-state index contributed by atoms with van der Waals surface area (Å²) in [7, 11) is 0. The van der Waals surface area contributed by atoms with Gasteiger partial charge in [0.15, 0.2) is 0 Å². The number of hydrogen-bond acceptors (Lipinski definition) is 4. The number of nitrogens with zero attached hydrogens (tertiary/aromatic N) is 1. The van der Waals surface area contributed by atoms with Crippen molar-refractivity contribution in [2.75, 3.05) is 5.32 Å². The van der Waals surface area contributed by atoms with Gasteiger partial charge in [-0.15, -0.1) is 0 Å². The summed E-state index contributed by atoms with van der Waals surface area (Å²) in [4.78, 5) is 23.2. The average molecular weight is 318 g/mol. The molecule has 2 aromatic rings. The number of hydrogen-bond donors (Lipinski definition) is 3. The van der Waals surface area contributed by atoms with Gasteiger partial charge in [-0.05, 0) is 42.0 Å². The van der Waals surface area contributed by atoms with Crippen molar-refractivity contribution in [2.24, 2.45) is 5.10 Å². The van der Waals surface area contributed by atoms with E-state index in [4.69, 9.17) is 11.6 Å². The van der Waals surface area contributed by atoms with Crippen LogP contribution in [0.1, 0.15) is 5.56 Å². The topological polar surface area (TPSA) is 90.8 Å². The third kappa shape index (κ3) is 4.60. The van der Waals surface area contributed by atoms with Gasteiger partial charge in [0.25, 0.3) is 0 Å². The summed E-state index contributed by atoms with van der Waals surface area (Å²) >= 11 is 5.72. The molecule has 7 heteroatoms. The van der Waals surface area contributed by atoms with Gasteiger partial charge in [-0.3, -0.25) is 9.59 Å². The molecule has 0 bridgehead atoms. The number of benzene rings is 2. The van der Waals surface area contributed by atoms with Crippen LogP contribution in [0.2, 0.25) is 5.02 Å². The summed E-state index contributed by atoms with van der Waals surface area (Å²) in [5.74, 6) is -1.68. The molecular weight excluding hydrogens is 306 g/mol. The van der Waals surface area contributed by atoms with Gasteiger partial charge in [-0.2, -0.15) is 5.10 Å². The lowest BCUT2D eigenvalue weighted by molar-refractivity contribution is -0.136. The molecule has 0 aromatic heterocycles. The van der Waals surface area contributed by atoms with Crippen LogP contribution in [-0.4, -0.2) is 23.1 Å². The maximum atomic E-state index is 11.6. The second-order valence-electron chi connectivity index (χ2n) is 4.26. The Morgan fingerprint density at radius 3 is 2.50 bits per heavy atom. The van der Waals surface area contributed by atoms with Gasteiger partial charge in [0.2, 0.25) is 0 Å². The summed E-state index contributed by atoms with van der Waals surface area (Å²) in [6, 6.07) is 12.6. The van der Waals surface area contributed by atoms with E-state index < -0.39 is 11.8 Å². The molecule has 0 atom stereocenters. The Labute approximate surface area is 131 Å². The molecule has 0 aliphatic carbocycles. The molecule has 0 unspecified atom stereocenters. The molecule has 0 radical (unpaired) electrons. The van der Waals surface area contributed by atoms with Crippen LogP contribution in [0, 0.1) is 0 Å². The Morgan fingerprint density at radius 2 is 1.82 bits per heavy atom. The fraction of sp³-hybridized carbons (Fsp3) is 0. The predicted octanol–water partition coefficient (Wildman–Crippen LogP) is 2.13. The van der Waals surface area contributed by atoms with Gasteiger partial charge in [0.1, 0.15) is 5.75 Å². The molecule has 2 rings (SSSR count). The Hall–Kier alpha value is -2.86. The molecule has 6 nitrogen and oxygen atoms in total. The molecule has 112 valence electrons. The molecule has 2 aromatic carbocycles. The highest BCUT2D eigenvalue weighted by atomic mass is 35.5. The van der Waals surface area contributed by atoms with E-state index in [9.17, 15) is 14.7 Å². The number of phenols is 1. The average Bonchev–Trinajstić information content (AvgIpc) is 2.49. The van der Waals surface area contributed by atoms with Crippen LogP contribution in [0.4, 0.5) is 5.69 Å². The van der Waals surface area contributed by atoms with E-state index in [1.807, 2.05) is 0 Å². The first kappa shape index (κ1) is 15.5. The number of nitrogens with one attached hydrogen (secondary N) is 2. The van der Waals surface area contributed by atoms with Gasteiger partial charge in [0.05, 0.1) is 6.21 Å². The first-order chi connectivity index (χ1) is 10.5. The molecular formula is C15H12ClN3O3. The van der Waals surface area contributed by atoms with Gasteiger partial charge in [-0.1, -0.05) is 23.7 Å². The highest BCUT2D eigenvalue weighted by Crippen LogP contribution is 2.13. The summed E-state index contributed by atoms with van der Waals surface area (Å²) in [5, 5.41) is 15.8. The van der Waals surface area contributed by atoms with Crippen molar-refractivity contribution in [1.82, 2.24) is 5.43 Å². The minimum Gasteiger partial charge on any atom is -0.508 e. The molecule has 0 aliphatic rings. The minimum atomic E-state index is -0.911. The second-order valence-corrected chi connectivity index (χ2v) is 4.69. The Kier molecular flexibility index (Phi) is 5.11. The van der Waals surface area contributed by atoms with Crippen LogP contribution in [0.5, 0.6) is 5.75 Å². The van der Waals surface area contributed by atoms with Crippen molar-refractivity contribution in [3.8, 4) is 5.75 Å². The number of hydrazone groups is 1. The largest absolute Gasteiger partial charge is 0.508 e. The maximum absolute atomic E-state index is 11.6. The SMILES string of the molecule is O=C(N/N=C/c1cccc(O)c1)C(=O)Nc1ccc(Cl)cc1. The number of amides is 2. The zero-order chi connectivity index (χ0) is 15.9. The Bertz CT molecular complexity index is 714. The molecule has 2 amide bonds. The predicted molar refractivity (Wildman–Crippen MR) is 83.9 cm³/mol. The molecule has 0 saturated heterocycles. The van der Waals surface area contributed by atoms with Crippen LogP contribution in [0.3, 0.4) is 0 Å². The number of halogens is 1. The number of phenolic OH excluding ortho intramolecular Hbond substituents is 1. The van der Waals surface area contributed by atoms with Crippen molar-refractivity contribution in [2.45, 2.75) is 0 Å². The monoisotopic (exact) mass is 317 g/mol. The van der Waals surface area contributed by atoms with Crippen LogP contribution in [0.25, 0.3) is 0 Å². The van der Waals surface area contributed by atoms with E-state index in [1.165, 1.54) is 18.3 Å². The van der Waals surface area contributed by atoms with Gasteiger partial charge < -0.3 is 10.4 Å². The van der Waals surface area contributed by atoms with E-state index in [2.05, 4.69) is 15.8 Å². The second kappa shape index (κ2) is 7.24. The fourth-order valence-corrected chi connectivity index (χ4v) is 1.67. The summed E-state index contributed by atoms with van der Waals surface area (Å²) < 4.78 is 0. The lowest BCUT2D eigenvalue weighted by atomic mass is 10.2. The van der Waals surface area contributed by atoms with E-state index in [-0.39, 0.29) is 5.75 Å². The first-order valence-electron chi connectivity index (χ1n) is 6.23. The zero-order valence-corrected chi connectivity index (χ0v) is 12.0. The number of aromatic hydroxyl groups is 1. The fourth-order valence-electron chi connectivity index (χ4n) is 1.54. The molecule has 0 saturated carbocycles. The van der Waals surface area contributed by atoms with Crippen LogP contribution < -0.4 is 10.7 Å². The van der Waals surface area contributed by atoms with E-state index in [1.54, 1.807) is 36.4 Å². The van der Waals surface area contributed by atoms with E-state index in [0.29, 0.717) is 16.3 Å². The summed E-state index contributed by atoms with van der Waals surface area (Å²) in [6.45, 7) is 0. The van der Waals surface area contributed by atoms with Crippen LogP contribution in [-0.2, 0) is 9.59 Å². The molecule has 22 heavy (non-hydrogen) atoms.